The van der Waals surface area contributed by atoms with Gasteiger partial charge in [0, 0.05) is 11.8 Å². The van der Waals surface area contributed by atoms with Crippen LogP contribution in [0.2, 0.25) is 0 Å². The Labute approximate surface area is 88.1 Å². The van der Waals surface area contributed by atoms with Gasteiger partial charge < -0.3 is 0 Å². The second-order valence-electron chi connectivity index (χ2n) is 6.03. The summed E-state index contributed by atoms with van der Waals surface area (Å²) in [6.45, 7) is 0. The van der Waals surface area contributed by atoms with E-state index < -0.39 is 9.84 Å². The molecule has 3 nitrogen and oxygen atoms in total. The lowest BCUT2D eigenvalue weighted by Crippen LogP contribution is -2.55. The highest BCUT2D eigenvalue weighted by molar-refractivity contribution is 7.93. The van der Waals surface area contributed by atoms with Gasteiger partial charge in [0.05, 0.1) is 10.5 Å². The van der Waals surface area contributed by atoms with E-state index in [4.69, 9.17) is 0 Å². The summed E-state index contributed by atoms with van der Waals surface area (Å²) in [5.41, 5.74) is 0. The zero-order chi connectivity index (χ0) is 10.1. The molecular weight excluding hydrogens is 212 g/mol. The molecule has 0 aromatic carbocycles. The van der Waals surface area contributed by atoms with Crippen LogP contribution in [0, 0.1) is 35.5 Å². The van der Waals surface area contributed by atoms with Crippen molar-refractivity contribution in [2.24, 2.45) is 35.5 Å². The Morgan fingerprint density at radius 1 is 0.933 bits per heavy atom. The Morgan fingerprint density at radius 3 is 2.47 bits per heavy atom. The fourth-order valence-electron chi connectivity index (χ4n) is 5.93. The summed E-state index contributed by atoms with van der Waals surface area (Å²) in [5.74, 6) is 1.90. The average molecular weight is 224 g/mol. The van der Waals surface area contributed by atoms with Crippen LogP contribution in [0.5, 0.6) is 0 Å². The molecule has 1 aliphatic heterocycles. The summed E-state index contributed by atoms with van der Waals surface area (Å²) < 4.78 is 24.5. The molecule has 0 aromatic rings. The molecule has 5 saturated carbocycles. The number of fused-ring (bicyclic) bond motifs is 2. The summed E-state index contributed by atoms with van der Waals surface area (Å²) >= 11 is 0. The fourth-order valence-corrected chi connectivity index (χ4v) is 9.39. The smallest absolute Gasteiger partial charge is 0.158 e. The lowest BCUT2D eigenvalue weighted by atomic mass is 9.50. The van der Waals surface area contributed by atoms with E-state index >= 15 is 0 Å². The van der Waals surface area contributed by atoms with Crippen molar-refractivity contribution in [3.8, 4) is 0 Å². The van der Waals surface area contributed by atoms with Crippen LogP contribution in [0.15, 0.2) is 0 Å². The van der Waals surface area contributed by atoms with Gasteiger partial charge in [-0.15, -0.1) is 0 Å². The SMILES string of the molecule is O=C1[C@H]2[C@H]3CC[C@H]4[C@H]5[C@H]3[C@H]1[C@@H]5S(=O)(=O)[C@H]42. The van der Waals surface area contributed by atoms with Gasteiger partial charge >= 0.3 is 0 Å². The van der Waals surface area contributed by atoms with Crippen LogP contribution in [0.1, 0.15) is 12.8 Å². The molecule has 6 rings (SSSR count). The van der Waals surface area contributed by atoms with Gasteiger partial charge in [-0.1, -0.05) is 0 Å². The number of hydrogen-bond acceptors (Lipinski definition) is 3. The quantitative estimate of drug-likeness (QED) is 0.593. The van der Waals surface area contributed by atoms with Gasteiger partial charge in [0.15, 0.2) is 9.84 Å². The Morgan fingerprint density at radius 2 is 1.67 bits per heavy atom. The topological polar surface area (TPSA) is 51.2 Å². The zero-order valence-corrected chi connectivity index (χ0v) is 8.98. The van der Waals surface area contributed by atoms with E-state index in [9.17, 15) is 13.2 Å². The number of sulfone groups is 1. The first-order valence-corrected chi connectivity index (χ1v) is 7.51. The highest BCUT2D eigenvalue weighted by Gasteiger charge is 2.83. The third-order valence-electron chi connectivity index (χ3n) is 6.07. The molecule has 6 aliphatic rings. The molecule has 6 bridgehead atoms. The van der Waals surface area contributed by atoms with E-state index in [1.54, 1.807) is 0 Å². The first-order chi connectivity index (χ1) is 7.14. The monoisotopic (exact) mass is 224 g/mol. The molecule has 1 saturated heterocycles. The summed E-state index contributed by atoms with van der Waals surface area (Å²) in [6.07, 6.45) is 2.19. The van der Waals surface area contributed by atoms with E-state index in [1.807, 2.05) is 0 Å². The van der Waals surface area contributed by atoms with Crippen molar-refractivity contribution in [3.63, 3.8) is 0 Å². The highest BCUT2D eigenvalue weighted by Crippen LogP contribution is 2.76. The minimum atomic E-state index is -2.92. The van der Waals surface area contributed by atoms with Gasteiger partial charge in [-0.25, -0.2) is 8.42 Å². The molecule has 8 atom stereocenters. The first kappa shape index (κ1) is 7.82. The Bertz CT molecular complexity index is 508. The normalized spacial score (nSPS) is 70.0. The van der Waals surface area contributed by atoms with Crippen molar-refractivity contribution in [2.45, 2.75) is 23.3 Å². The molecule has 0 amide bonds. The molecule has 5 aliphatic carbocycles. The van der Waals surface area contributed by atoms with Crippen LogP contribution in [0.25, 0.3) is 0 Å². The van der Waals surface area contributed by atoms with Gasteiger partial charge in [0.25, 0.3) is 0 Å². The van der Waals surface area contributed by atoms with Crippen molar-refractivity contribution in [2.75, 3.05) is 0 Å². The van der Waals surface area contributed by atoms with Crippen molar-refractivity contribution >= 4 is 15.6 Å². The Balaban J connectivity index is 1.90. The lowest BCUT2D eigenvalue weighted by Gasteiger charge is -2.52. The fraction of sp³-hybridized carbons (Fsp3) is 0.909. The first-order valence-electron chi connectivity index (χ1n) is 5.90. The van der Waals surface area contributed by atoms with Crippen LogP contribution >= 0.6 is 0 Å². The standard InChI is InChI=1S/C11H12O3S/c12-9-7-3-1-2-4-6-5(3)8(9)11(6)15(13,14)10(4)7/h3-8,10-11H,1-2H2/t3-,4-,5-,6-,7+,8+,10+,11+/m0/s1. The Kier molecular flexibility index (Phi) is 0.944. The third kappa shape index (κ3) is 0.500. The summed E-state index contributed by atoms with van der Waals surface area (Å²) in [7, 11) is -2.92. The van der Waals surface area contributed by atoms with Crippen LogP contribution in [-0.2, 0) is 14.6 Å². The molecule has 0 spiro atoms. The number of rotatable bonds is 0. The average Bonchev–Trinajstić information content (AvgIpc) is 2.36. The maximum absolute atomic E-state index is 12.2. The predicted octanol–water partition coefficient (Wildman–Crippen LogP) is 0.253. The third-order valence-corrected chi connectivity index (χ3v) is 8.84. The van der Waals surface area contributed by atoms with Crippen molar-refractivity contribution < 1.29 is 13.2 Å². The van der Waals surface area contributed by atoms with Gasteiger partial charge in [-0.2, -0.15) is 0 Å². The molecule has 4 heteroatoms. The molecule has 0 N–H and O–H groups in total. The lowest BCUT2D eigenvalue weighted by molar-refractivity contribution is -0.126. The Hall–Kier alpha value is -0.380. The van der Waals surface area contributed by atoms with Gasteiger partial charge in [0.2, 0.25) is 0 Å². The second kappa shape index (κ2) is 1.81. The van der Waals surface area contributed by atoms with Crippen LogP contribution < -0.4 is 0 Å². The summed E-state index contributed by atoms with van der Waals surface area (Å²) in [5, 5.41) is -0.472. The van der Waals surface area contributed by atoms with Gasteiger partial charge in [-0.3, -0.25) is 4.79 Å². The van der Waals surface area contributed by atoms with Gasteiger partial charge in [-0.05, 0) is 36.5 Å². The van der Waals surface area contributed by atoms with Crippen LogP contribution in [0.4, 0.5) is 0 Å². The molecule has 1 heterocycles. The molecular formula is C11H12O3S. The highest BCUT2D eigenvalue weighted by atomic mass is 32.2. The summed E-state index contributed by atoms with van der Waals surface area (Å²) in [6, 6.07) is 0. The van der Waals surface area contributed by atoms with E-state index in [0.29, 0.717) is 29.5 Å². The number of Topliss-reactive ketones (excluding diaryl/α,β-unsaturated/α-hetero) is 1. The van der Waals surface area contributed by atoms with Crippen molar-refractivity contribution in [3.05, 3.63) is 0 Å². The number of hydrogen-bond donors (Lipinski definition) is 0. The van der Waals surface area contributed by atoms with E-state index in [2.05, 4.69) is 0 Å². The van der Waals surface area contributed by atoms with E-state index in [1.165, 1.54) is 0 Å². The minimum Gasteiger partial charge on any atom is -0.299 e. The zero-order valence-electron chi connectivity index (χ0n) is 8.17. The second-order valence-corrected chi connectivity index (χ2v) is 8.30. The van der Waals surface area contributed by atoms with Crippen LogP contribution in [-0.4, -0.2) is 24.7 Å². The summed E-state index contributed by atoms with van der Waals surface area (Å²) in [4.78, 5) is 12.1. The number of carbonyl (C=O) groups is 1. The number of carbonyl (C=O) groups excluding carboxylic acids is 1. The van der Waals surface area contributed by atoms with E-state index in [0.717, 1.165) is 12.8 Å². The van der Waals surface area contributed by atoms with Crippen molar-refractivity contribution in [1.82, 2.24) is 0 Å². The molecule has 0 radical (unpaired) electrons. The molecule has 0 aromatic heterocycles. The maximum Gasteiger partial charge on any atom is 0.158 e. The molecule has 15 heavy (non-hydrogen) atoms. The van der Waals surface area contributed by atoms with Crippen LogP contribution in [0.3, 0.4) is 0 Å². The molecule has 0 unspecified atom stereocenters. The van der Waals surface area contributed by atoms with Crippen molar-refractivity contribution in [1.29, 1.82) is 0 Å². The minimum absolute atomic E-state index is 0.0588. The van der Waals surface area contributed by atoms with Gasteiger partial charge in [0.1, 0.15) is 5.78 Å². The molecule has 6 fully saturated rings. The number of ketones is 1. The largest absolute Gasteiger partial charge is 0.299 e. The van der Waals surface area contributed by atoms with E-state index in [-0.39, 0.29) is 22.3 Å². The predicted molar refractivity (Wildman–Crippen MR) is 51.7 cm³/mol. The maximum atomic E-state index is 12.2. The molecule has 80 valence electrons.